The predicted octanol–water partition coefficient (Wildman–Crippen LogP) is 1.95. The van der Waals surface area contributed by atoms with Gasteiger partial charge in [0.2, 0.25) is 0 Å². The Morgan fingerprint density at radius 3 is 2.33 bits per heavy atom. The van der Waals surface area contributed by atoms with E-state index in [1.165, 1.54) is 6.42 Å². The third-order valence-corrected chi connectivity index (χ3v) is 2.79. The molecule has 9 heavy (non-hydrogen) atoms. The fraction of sp³-hybridized carbons (Fsp3) is 1.00. The van der Waals surface area contributed by atoms with Gasteiger partial charge < -0.3 is 5.11 Å². The summed E-state index contributed by atoms with van der Waals surface area (Å²) in [5.41, 5.74) is -0.269. The standard InChI is InChI=1S/C8H16O/c1-3-7-5-6-8(7,9)4-2/h7,9H,3-6H2,1-2H3. The van der Waals surface area contributed by atoms with Crippen LogP contribution in [0.5, 0.6) is 0 Å². The van der Waals surface area contributed by atoms with E-state index in [0.717, 1.165) is 19.3 Å². The van der Waals surface area contributed by atoms with E-state index in [9.17, 15) is 5.11 Å². The van der Waals surface area contributed by atoms with Gasteiger partial charge in [0.15, 0.2) is 0 Å². The molecule has 1 N–H and O–H groups in total. The van der Waals surface area contributed by atoms with Crippen LogP contribution in [0.1, 0.15) is 39.5 Å². The van der Waals surface area contributed by atoms with Crippen LogP contribution in [0, 0.1) is 5.92 Å². The van der Waals surface area contributed by atoms with E-state index in [0.29, 0.717) is 5.92 Å². The van der Waals surface area contributed by atoms with Crippen LogP contribution in [0.25, 0.3) is 0 Å². The first kappa shape index (κ1) is 7.07. The summed E-state index contributed by atoms with van der Waals surface area (Å²) >= 11 is 0. The Bertz CT molecular complexity index is 94.7. The van der Waals surface area contributed by atoms with E-state index in [1.807, 2.05) is 0 Å². The molecule has 0 radical (unpaired) electrons. The van der Waals surface area contributed by atoms with Crippen molar-refractivity contribution < 1.29 is 5.11 Å². The van der Waals surface area contributed by atoms with Gasteiger partial charge in [0.05, 0.1) is 5.60 Å². The molecule has 1 fully saturated rings. The van der Waals surface area contributed by atoms with Crippen molar-refractivity contribution in [1.82, 2.24) is 0 Å². The van der Waals surface area contributed by atoms with Gasteiger partial charge in [-0.15, -0.1) is 0 Å². The van der Waals surface area contributed by atoms with Gasteiger partial charge in [-0.3, -0.25) is 0 Å². The van der Waals surface area contributed by atoms with Gasteiger partial charge in [0.25, 0.3) is 0 Å². The second-order valence-corrected chi connectivity index (χ2v) is 3.10. The summed E-state index contributed by atoms with van der Waals surface area (Å²) in [5.74, 6) is 0.600. The van der Waals surface area contributed by atoms with E-state index < -0.39 is 0 Å². The summed E-state index contributed by atoms with van der Waals surface area (Å²) in [7, 11) is 0. The quantitative estimate of drug-likeness (QED) is 0.602. The topological polar surface area (TPSA) is 20.2 Å². The van der Waals surface area contributed by atoms with Gasteiger partial charge in [-0.05, 0) is 25.2 Å². The van der Waals surface area contributed by atoms with Crippen LogP contribution in [0.3, 0.4) is 0 Å². The maximum Gasteiger partial charge on any atom is 0.0673 e. The van der Waals surface area contributed by atoms with Gasteiger partial charge in [-0.2, -0.15) is 0 Å². The molecule has 2 unspecified atom stereocenters. The van der Waals surface area contributed by atoms with Gasteiger partial charge in [-0.1, -0.05) is 20.3 Å². The molecular weight excluding hydrogens is 112 g/mol. The number of hydrogen-bond donors (Lipinski definition) is 1. The fourth-order valence-corrected chi connectivity index (χ4v) is 1.73. The molecule has 0 heterocycles. The Morgan fingerprint density at radius 1 is 1.56 bits per heavy atom. The highest BCUT2D eigenvalue weighted by atomic mass is 16.3. The highest BCUT2D eigenvalue weighted by Gasteiger charge is 2.41. The molecule has 0 aliphatic heterocycles. The number of aliphatic hydroxyl groups is 1. The van der Waals surface area contributed by atoms with Crippen LogP contribution in [0.2, 0.25) is 0 Å². The molecule has 1 aliphatic rings. The third-order valence-electron chi connectivity index (χ3n) is 2.79. The molecule has 0 amide bonds. The molecule has 54 valence electrons. The van der Waals surface area contributed by atoms with Crippen LogP contribution in [-0.2, 0) is 0 Å². The smallest absolute Gasteiger partial charge is 0.0673 e. The lowest BCUT2D eigenvalue weighted by Crippen LogP contribution is -2.45. The Morgan fingerprint density at radius 2 is 2.22 bits per heavy atom. The predicted molar refractivity (Wildman–Crippen MR) is 38.3 cm³/mol. The normalized spacial score (nSPS) is 42.3. The third kappa shape index (κ3) is 0.983. The summed E-state index contributed by atoms with van der Waals surface area (Å²) < 4.78 is 0. The zero-order valence-electron chi connectivity index (χ0n) is 6.35. The maximum atomic E-state index is 9.68. The van der Waals surface area contributed by atoms with Crippen LogP contribution < -0.4 is 0 Å². The van der Waals surface area contributed by atoms with Gasteiger partial charge >= 0.3 is 0 Å². The maximum absolute atomic E-state index is 9.68. The van der Waals surface area contributed by atoms with Crippen molar-refractivity contribution in [3.63, 3.8) is 0 Å². The molecule has 1 saturated carbocycles. The van der Waals surface area contributed by atoms with Crippen LogP contribution in [0.4, 0.5) is 0 Å². The van der Waals surface area contributed by atoms with Crippen LogP contribution in [-0.4, -0.2) is 10.7 Å². The second kappa shape index (κ2) is 2.30. The average Bonchev–Trinajstić information content (AvgIpc) is 1.85. The van der Waals surface area contributed by atoms with Crippen molar-refractivity contribution in [1.29, 1.82) is 0 Å². The van der Waals surface area contributed by atoms with Crippen molar-refractivity contribution in [2.75, 3.05) is 0 Å². The molecule has 0 aromatic carbocycles. The first-order valence-corrected chi connectivity index (χ1v) is 3.95. The highest BCUT2D eigenvalue weighted by Crippen LogP contribution is 2.42. The molecule has 1 aliphatic carbocycles. The molecule has 1 rings (SSSR count). The minimum atomic E-state index is -0.269. The molecular formula is C8H16O. The Balaban J connectivity index is 2.41. The molecule has 0 saturated heterocycles. The SMILES string of the molecule is CCC1CCC1(O)CC. The second-order valence-electron chi connectivity index (χ2n) is 3.10. The first-order chi connectivity index (χ1) is 4.23. The van der Waals surface area contributed by atoms with E-state index in [1.54, 1.807) is 0 Å². The highest BCUT2D eigenvalue weighted by molar-refractivity contribution is 4.93. The van der Waals surface area contributed by atoms with Gasteiger partial charge in [0, 0.05) is 0 Å². The van der Waals surface area contributed by atoms with Crippen molar-refractivity contribution in [3.05, 3.63) is 0 Å². The number of hydrogen-bond acceptors (Lipinski definition) is 1. The van der Waals surface area contributed by atoms with E-state index >= 15 is 0 Å². The first-order valence-electron chi connectivity index (χ1n) is 3.95. The van der Waals surface area contributed by atoms with E-state index in [2.05, 4.69) is 13.8 Å². The Kier molecular flexibility index (Phi) is 1.80. The van der Waals surface area contributed by atoms with E-state index in [-0.39, 0.29) is 5.60 Å². The lowest BCUT2D eigenvalue weighted by molar-refractivity contribution is -0.0976. The molecule has 1 heteroatoms. The minimum absolute atomic E-state index is 0.269. The van der Waals surface area contributed by atoms with Crippen LogP contribution in [0.15, 0.2) is 0 Å². The summed E-state index contributed by atoms with van der Waals surface area (Å²) in [6, 6.07) is 0. The molecule has 0 aromatic rings. The van der Waals surface area contributed by atoms with E-state index in [4.69, 9.17) is 0 Å². The Hall–Kier alpha value is -0.0400. The van der Waals surface area contributed by atoms with Crippen molar-refractivity contribution in [2.24, 2.45) is 5.92 Å². The lowest BCUT2D eigenvalue weighted by Gasteiger charge is -2.44. The molecule has 1 nitrogen and oxygen atoms in total. The molecule has 0 bridgehead atoms. The fourth-order valence-electron chi connectivity index (χ4n) is 1.73. The van der Waals surface area contributed by atoms with Crippen LogP contribution >= 0.6 is 0 Å². The summed E-state index contributed by atoms with van der Waals surface area (Å²) in [4.78, 5) is 0. The minimum Gasteiger partial charge on any atom is -0.390 e. The van der Waals surface area contributed by atoms with Crippen molar-refractivity contribution in [2.45, 2.75) is 45.1 Å². The van der Waals surface area contributed by atoms with Gasteiger partial charge in [0.1, 0.15) is 0 Å². The molecule has 0 spiro atoms. The summed E-state index contributed by atoms with van der Waals surface area (Å²) in [5, 5.41) is 9.68. The monoisotopic (exact) mass is 128 g/mol. The Labute approximate surface area is 57.1 Å². The molecule has 0 aromatic heterocycles. The van der Waals surface area contributed by atoms with Gasteiger partial charge in [-0.25, -0.2) is 0 Å². The van der Waals surface area contributed by atoms with Crippen molar-refractivity contribution >= 4 is 0 Å². The summed E-state index contributed by atoms with van der Waals surface area (Å²) in [6.45, 7) is 4.23. The molecule has 2 atom stereocenters. The zero-order chi connectivity index (χ0) is 6.91. The largest absolute Gasteiger partial charge is 0.390 e. The average molecular weight is 128 g/mol. The van der Waals surface area contributed by atoms with Crippen molar-refractivity contribution in [3.8, 4) is 0 Å². The zero-order valence-corrected chi connectivity index (χ0v) is 6.35. The number of rotatable bonds is 2. The summed E-state index contributed by atoms with van der Waals surface area (Å²) in [6.07, 6.45) is 4.35. The lowest BCUT2D eigenvalue weighted by atomic mass is 9.67.